The van der Waals surface area contributed by atoms with Gasteiger partial charge in [-0.25, -0.2) is 9.31 Å². The minimum atomic E-state index is 0.221. The zero-order valence-electron chi connectivity index (χ0n) is 23.2. The molecule has 5 heteroatoms. The second-order valence-corrected chi connectivity index (χ2v) is 13.0. The summed E-state index contributed by atoms with van der Waals surface area (Å²) in [4.78, 5) is 0. The van der Waals surface area contributed by atoms with Crippen LogP contribution in [0.1, 0.15) is 73.6 Å². The predicted molar refractivity (Wildman–Crippen MR) is 160 cm³/mol. The molecule has 194 valence electrons. The highest BCUT2D eigenvalue weighted by Crippen LogP contribution is 2.58. The van der Waals surface area contributed by atoms with E-state index >= 15 is 0 Å². The van der Waals surface area contributed by atoms with Gasteiger partial charge in [-0.05, 0) is 83.5 Å². The van der Waals surface area contributed by atoms with Gasteiger partial charge in [0.15, 0.2) is 0 Å². The third-order valence-electron chi connectivity index (χ3n) is 7.95. The van der Waals surface area contributed by atoms with Crippen molar-refractivity contribution in [2.45, 2.75) is 78.9 Å². The quantitative estimate of drug-likeness (QED) is 0.100. The van der Waals surface area contributed by atoms with Gasteiger partial charge >= 0.3 is 0 Å². The van der Waals surface area contributed by atoms with Crippen LogP contribution < -0.4 is 0 Å². The summed E-state index contributed by atoms with van der Waals surface area (Å²) in [5.41, 5.74) is 7.34. The Bertz CT molecular complexity index is 896. The summed E-state index contributed by atoms with van der Waals surface area (Å²) >= 11 is 3.95. The van der Waals surface area contributed by atoms with Gasteiger partial charge < -0.3 is 0 Å². The van der Waals surface area contributed by atoms with Crippen molar-refractivity contribution < 1.29 is 0 Å². The summed E-state index contributed by atoms with van der Waals surface area (Å²) in [5.74, 6) is 2.68. The molecule has 2 saturated carbocycles. The standard InChI is InChI=1S/C30H47N3S2/c1-10-24(20-35-28-18-32(19-28)34-9)12-13-25(11-2)29(21(3)4)33(22(5)6)31-23(7)30(8,26-14-15-26)27-16-17-27/h11-13,26-28H,2,5,10,14-20H2,1,3-4,6-9H3/b24-12-,25-13+,31-23+. The monoisotopic (exact) mass is 513 g/mol. The van der Waals surface area contributed by atoms with Gasteiger partial charge in [-0.2, -0.15) is 16.9 Å². The SMILES string of the molecule is C=C/C(=C\C=C(\CC)CSC1CN(SC)C1)C(=C(C)C)N(/N=C(\C)C(C)(C1CC1)C1CC1)C(=C)C. The van der Waals surface area contributed by atoms with Crippen LogP contribution in [0.25, 0.3) is 0 Å². The largest absolute Gasteiger partial charge is 0.249 e. The Morgan fingerprint density at radius 3 is 2.11 bits per heavy atom. The molecule has 2 aliphatic carbocycles. The summed E-state index contributed by atoms with van der Waals surface area (Å²) in [6.45, 7) is 24.3. The van der Waals surface area contributed by atoms with E-state index in [0.29, 0.717) is 0 Å². The van der Waals surface area contributed by atoms with Gasteiger partial charge in [-0.15, -0.1) is 0 Å². The van der Waals surface area contributed by atoms with Gasteiger partial charge in [0.2, 0.25) is 0 Å². The number of hydrazone groups is 1. The topological polar surface area (TPSA) is 18.8 Å². The Hall–Kier alpha value is -1.17. The van der Waals surface area contributed by atoms with Gasteiger partial charge in [0.25, 0.3) is 0 Å². The van der Waals surface area contributed by atoms with E-state index in [9.17, 15) is 0 Å². The molecular weight excluding hydrogens is 466 g/mol. The number of rotatable bonds is 14. The average Bonchev–Trinajstić information content (AvgIpc) is 3.69. The fraction of sp³-hybridized carbons (Fsp3) is 0.633. The summed E-state index contributed by atoms with van der Waals surface area (Å²) in [6.07, 6.45) is 15.1. The van der Waals surface area contributed by atoms with E-state index in [0.717, 1.165) is 46.2 Å². The Morgan fingerprint density at radius 1 is 1.09 bits per heavy atom. The van der Waals surface area contributed by atoms with Crippen LogP contribution >= 0.6 is 23.7 Å². The van der Waals surface area contributed by atoms with Crippen LogP contribution in [0.3, 0.4) is 0 Å². The molecular formula is C30H47N3S2. The highest BCUT2D eigenvalue weighted by molar-refractivity contribution is 8.00. The van der Waals surface area contributed by atoms with Crippen molar-refractivity contribution in [1.29, 1.82) is 0 Å². The number of thioether (sulfide) groups is 1. The van der Waals surface area contributed by atoms with Gasteiger partial charge in [0, 0.05) is 40.9 Å². The van der Waals surface area contributed by atoms with Crippen LogP contribution in [0.2, 0.25) is 0 Å². The second-order valence-electron chi connectivity index (χ2n) is 10.9. The lowest BCUT2D eigenvalue weighted by atomic mass is 9.76. The molecule has 0 spiro atoms. The van der Waals surface area contributed by atoms with Crippen LogP contribution in [0.5, 0.6) is 0 Å². The molecule has 3 fully saturated rings. The van der Waals surface area contributed by atoms with Crippen molar-refractivity contribution >= 4 is 29.4 Å². The summed E-state index contributed by atoms with van der Waals surface area (Å²) < 4.78 is 2.43. The third-order valence-corrected chi connectivity index (χ3v) is 10.1. The van der Waals surface area contributed by atoms with Crippen LogP contribution in [0.15, 0.2) is 64.6 Å². The molecule has 0 radical (unpaired) electrons. The highest BCUT2D eigenvalue weighted by atomic mass is 32.2. The molecule has 0 aromatic carbocycles. The van der Waals surface area contributed by atoms with Crippen LogP contribution in [-0.2, 0) is 0 Å². The van der Waals surface area contributed by atoms with Crippen molar-refractivity contribution in [3.05, 3.63) is 59.5 Å². The van der Waals surface area contributed by atoms with Gasteiger partial charge in [0.05, 0.1) is 5.70 Å². The van der Waals surface area contributed by atoms with Crippen molar-refractivity contribution in [1.82, 2.24) is 9.31 Å². The molecule has 3 rings (SSSR count). The molecule has 0 aromatic heterocycles. The number of allylic oxidation sites excluding steroid dienone is 5. The summed E-state index contributed by atoms with van der Waals surface area (Å²) in [6, 6.07) is 0. The number of hydrogen-bond acceptors (Lipinski definition) is 5. The van der Waals surface area contributed by atoms with E-state index in [-0.39, 0.29) is 5.41 Å². The smallest absolute Gasteiger partial charge is 0.0706 e. The Morgan fingerprint density at radius 2 is 1.69 bits per heavy atom. The zero-order chi connectivity index (χ0) is 25.8. The normalized spacial score (nSPS) is 20.5. The maximum absolute atomic E-state index is 5.27. The lowest BCUT2D eigenvalue weighted by Gasteiger charge is -2.36. The van der Waals surface area contributed by atoms with E-state index in [2.05, 4.69) is 94.2 Å². The minimum Gasteiger partial charge on any atom is -0.249 e. The molecule has 1 saturated heterocycles. The van der Waals surface area contributed by atoms with Gasteiger partial charge in [-0.3, -0.25) is 0 Å². The maximum atomic E-state index is 5.27. The first-order valence-electron chi connectivity index (χ1n) is 13.3. The van der Waals surface area contributed by atoms with E-state index in [1.54, 1.807) is 0 Å². The van der Waals surface area contributed by atoms with E-state index in [4.69, 9.17) is 5.10 Å². The predicted octanol–water partition coefficient (Wildman–Crippen LogP) is 8.46. The van der Waals surface area contributed by atoms with Gasteiger partial charge in [-0.1, -0.05) is 68.3 Å². The first kappa shape index (κ1) is 28.4. The van der Waals surface area contributed by atoms with E-state index in [1.165, 1.54) is 55.6 Å². The number of hydrogen-bond donors (Lipinski definition) is 0. The van der Waals surface area contributed by atoms with Crippen molar-refractivity contribution in [3.8, 4) is 0 Å². The molecule has 1 heterocycles. The van der Waals surface area contributed by atoms with Gasteiger partial charge in [0.1, 0.15) is 0 Å². The van der Waals surface area contributed by atoms with E-state index < -0.39 is 0 Å². The third kappa shape index (κ3) is 6.99. The first-order valence-corrected chi connectivity index (χ1v) is 15.5. The molecule has 3 aliphatic rings. The first-order chi connectivity index (χ1) is 16.6. The molecule has 1 aliphatic heterocycles. The molecule has 0 N–H and O–H groups in total. The molecule has 0 bridgehead atoms. The second kappa shape index (κ2) is 12.4. The molecule has 0 atom stereocenters. The van der Waals surface area contributed by atoms with Crippen LogP contribution in [-0.4, -0.2) is 45.4 Å². The number of nitrogens with zero attached hydrogens (tertiary/aromatic N) is 3. The lowest BCUT2D eigenvalue weighted by Crippen LogP contribution is -2.44. The van der Waals surface area contributed by atoms with Crippen LogP contribution in [0.4, 0.5) is 0 Å². The highest BCUT2D eigenvalue weighted by Gasteiger charge is 2.53. The molecule has 35 heavy (non-hydrogen) atoms. The van der Waals surface area contributed by atoms with Crippen molar-refractivity contribution in [3.63, 3.8) is 0 Å². The summed E-state index contributed by atoms with van der Waals surface area (Å²) in [5, 5.41) is 8.12. The molecule has 0 unspecified atom stereocenters. The fourth-order valence-corrected chi connectivity index (χ4v) is 7.26. The maximum Gasteiger partial charge on any atom is 0.0706 e. The Balaban J connectivity index is 1.83. The molecule has 0 amide bonds. The average molecular weight is 514 g/mol. The van der Waals surface area contributed by atoms with E-state index in [1.807, 2.05) is 18.0 Å². The minimum absolute atomic E-state index is 0.221. The molecule has 3 nitrogen and oxygen atoms in total. The fourth-order valence-electron chi connectivity index (χ4n) is 5.10. The van der Waals surface area contributed by atoms with Crippen molar-refractivity contribution in [2.75, 3.05) is 25.1 Å². The zero-order valence-corrected chi connectivity index (χ0v) is 24.8. The molecule has 0 aromatic rings. The Kier molecular flexibility index (Phi) is 10.0. The lowest BCUT2D eigenvalue weighted by molar-refractivity contribution is 0.332. The van der Waals surface area contributed by atoms with Crippen LogP contribution in [0, 0.1) is 17.3 Å². The Labute approximate surface area is 224 Å². The van der Waals surface area contributed by atoms with Crippen molar-refractivity contribution in [2.24, 2.45) is 22.4 Å². The summed E-state index contributed by atoms with van der Waals surface area (Å²) in [7, 11) is 0.